The molecule has 0 bridgehead atoms. The lowest BCUT2D eigenvalue weighted by atomic mass is 10.0. The van der Waals surface area contributed by atoms with Gasteiger partial charge < -0.3 is 11.1 Å². The van der Waals surface area contributed by atoms with Crippen LogP contribution in [0.2, 0.25) is 0 Å². The van der Waals surface area contributed by atoms with Gasteiger partial charge in [0.2, 0.25) is 0 Å². The monoisotopic (exact) mass is 331 g/mol. The molecule has 4 heteroatoms. The van der Waals surface area contributed by atoms with Gasteiger partial charge in [0.15, 0.2) is 5.96 Å². The van der Waals surface area contributed by atoms with Crippen molar-refractivity contribution >= 4 is 52.0 Å². The zero-order chi connectivity index (χ0) is 16.5. The molecule has 24 heavy (non-hydrogen) atoms. The van der Waals surface area contributed by atoms with E-state index in [1.807, 2.05) is 18.2 Å². The van der Waals surface area contributed by atoms with Gasteiger partial charge in [0, 0.05) is 16.0 Å². The van der Waals surface area contributed by atoms with Crippen LogP contribution in [0, 0.1) is 0 Å². The third kappa shape index (κ3) is 2.65. The second-order valence-corrected chi connectivity index (χ2v) is 6.51. The van der Waals surface area contributed by atoms with E-state index >= 15 is 0 Å². The van der Waals surface area contributed by atoms with Crippen molar-refractivity contribution in [3.63, 3.8) is 0 Å². The van der Waals surface area contributed by atoms with Crippen molar-refractivity contribution in [2.24, 2.45) is 10.7 Å². The third-order valence-corrected chi connectivity index (χ3v) is 4.87. The number of anilines is 1. The molecule has 0 saturated carbocycles. The number of thioether (sulfide) groups is 1. The summed E-state index contributed by atoms with van der Waals surface area (Å²) in [6.45, 7) is 0. The lowest BCUT2D eigenvalue weighted by molar-refractivity contribution is 1.42. The number of guanidine groups is 1. The van der Waals surface area contributed by atoms with E-state index in [-0.39, 0.29) is 0 Å². The Morgan fingerprint density at radius 2 is 1.71 bits per heavy atom. The summed E-state index contributed by atoms with van der Waals surface area (Å²) in [5, 5.41) is 5.52. The van der Waals surface area contributed by atoms with E-state index in [1.54, 1.807) is 11.8 Å². The first-order valence-electron chi connectivity index (χ1n) is 7.74. The zero-order valence-electron chi connectivity index (χ0n) is 13.3. The molecule has 3 aromatic rings. The largest absolute Gasteiger partial charge is 0.369 e. The van der Waals surface area contributed by atoms with Gasteiger partial charge in [-0.25, -0.2) is 4.99 Å². The standard InChI is InChI=1S/C20H17N3S/c1-24-16-10-8-15(9-11-16)22-20(21)23-18-12-7-14-6-5-13-3-2-4-17(18)19(13)14/h2-12H,1H3,(H3,21,22,23). The molecule has 3 nitrogen and oxygen atoms in total. The fraction of sp³-hybridized carbons (Fsp3) is 0.0500. The number of nitrogens with zero attached hydrogens (tertiary/aromatic N) is 1. The number of nitrogens with one attached hydrogen (secondary N) is 1. The molecule has 0 fully saturated rings. The second kappa shape index (κ2) is 6.06. The Balaban J connectivity index is 1.67. The summed E-state index contributed by atoms with van der Waals surface area (Å²) in [5.74, 6) is 0.388. The lowest BCUT2D eigenvalue weighted by Crippen LogP contribution is -2.21. The van der Waals surface area contributed by atoms with Crippen LogP contribution >= 0.6 is 11.8 Å². The molecule has 3 N–H and O–H groups in total. The predicted molar refractivity (Wildman–Crippen MR) is 106 cm³/mol. The van der Waals surface area contributed by atoms with Crippen molar-refractivity contribution in [2.75, 3.05) is 11.6 Å². The first kappa shape index (κ1) is 14.8. The summed E-state index contributed by atoms with van der Waals surface area (Å²) in [4.78, 5) is 5.80. The molecule has 0 aliphatic heterocycles. The molecule has 1 aliphatic rings. The molecular weight excluding hydrogens is 314 g/mol. The average Bonchev–Trinajstić information content (AvgIpc) is 3.03. The number of hydrogen-bond donors (Lipinski definition) is 2. The maximum atomic E-state index is 6.11. The zero-order valence-corrected chi connectivity index (χ0v) is 14.1. The van der Waals surface area contributed by atoms with Crippen LogP contribution in [0.1, 0.15) is 11.1 Å². The Morgan fingerprint density at radius 3 is 2.46 bits per heavy atom. The Bertz CT molecular complexity index is 960. The predicted octanol–water partition coefficient (Wildman–Crippen LogP) is 5.10. The minimum Gasteiger partial charge on any atom is -0.369 e. The van der Waals surface area contributed by atoms with Gasteiger partial charge in [-0.3, -0.25) is 0 Å². The van der Waals surface area contributed by atoms with Crippen LogP contribution in [0.4, 0.5) is 11.4 Å². The van der Waals surface area contributed by atoms with Gasteiger partial charge in [0.25, 0.3) is 0 Å². The molecule has 0 unspecified atom stereocenters. The summed E-state index contributed by atoms with van der Waals surface area (Å²) >= 11 is 1.71. The second-order valence-electron chi connectivity index (χ2n) is 5.63. The topological polar surface area (TPSA) is 50.4 Å². The SMILES string of the molecule is CSc1ccc(NC(N)=Nc2ccc3c4c(cccc24)C=C3)cc1. The highest BCUT2D eigenvalue weighted by atomic mass is 32.2. The normalized spacial score (nSPS) is 12.8. The minimum absolute atomic E-state index is 0.388. The van der Waals surface area contributed by atoms with Gasteiger partial charge in [0.05, 0.1) is 5.69 Å². The van der Waals surface area contributed by atoms with Gasteiger partial charge in [-0.15, -0.1) is 11.8 Å². The Morgan fingerprint density at radius 1 is 0.958 bits per heavy atom. The van der Waals surface area contributed by atoms with E-state index in [4.69, 9.17) is 5.73 Å². The highest BCUT2D eigenvalue weighted by Crippen LogP contribution is 2.36. The maximum Gasteiger partial charge on any atom is 0.198 e. The molecule has 3 aromatic carbocycles. The molecule has 0 radical (unpaired) electrons. The average molecular weight is 331 g/mol. The van der Waals surface area contributed by atoms with Crippen molar-refractivity contribution in [3.8, 4) is 0 Å². The molecule has 0 spiro atoms. The van der Waals surface area contributed by atoms with E-state index in [2.05, 4.69) is 65.1 Å². The highest BCUT2D eigenvalue weighted by molar-refractivity contribution is 7.98. The Hall–Kier alpha value is -2.72. The van der Waals surface area contributed by atoms with Crippen molar-refractivity contribution in [2.45, 2.75) is 4.90 Å². The Labute approximate surface area is 145 Å². The van der Waals surface area contributed by atoms with Crippen molar-refractivity contribution in [1.29, 1.82) is 0 Å². The maximum absolute atomic E-state index is 6.11. The van der Waals surface area contributed by atoms with Gasteiger partial charge in [-0.05, 0) is 53.1 Å². The van der Waals surface area contributed by atoms with E-state index < -0.39 is 0 Å². The first-order chi connectivity index (χ1) is 11.7. The molecule has 0 amide bonds. The van der Waals surface area contributed by atoms with Crippen LogP contribution in [0.5, 0.6) is 0 Å². The third-order valence-electron chi connectivity index (χ3n) is 4.13. The van der Waals surface area contributed by atoms with Crippen LogP contribution < -0.4 is 11.1 Å². The van der Waals surface area contributed by atoms with Gasteiger partial charge in [-0.2, -0.15) is 0 Å². The molecule has 1 aliphatic carbocycles. The lowest BCUT2D eigenvalue weighted by Gasteiger charge is -2.09. The minimum atomic E-state index is 0.388. The quantitative estimate of drug-likeness (QED) is 0.312. The fourth-order valence-corrected chi connectivity index (χ4v) is 3.39. The van der Waals surface area contributed by atoms with Crippen LogP contribution in [-0.4, -0.2) is 12.2 Å². The van der Waals surface area contributed by atoms with E-state index in [1.165, 1.54) is 21.4 Å². The van der Waals surface area contributed by atoms with E-state index in [0.717, 1.165) is 16.8 Å². The van der Waals surface area contributed by atoms with Crippen LogP contribution in [0.25, 0.3) is 22.9 Å². The van der Waals surface area contributed by atoms with Crippen molar-refractivity contribution in [1.82, 2.24) is 0 Å². The summed E-state index contributed by atoms with van der Waals surface area (Å²) in [6.07, 6.45) is 6.34. The van der Waals surface area contributed by atoms with Crippen LogP contribution in [0.15, 0.2) is 64.5 Å². The van der Waals surface area contributed by atoms with Gasteiger partial charge >= 0.3 is 0 Å². The molecule has 0 heterocycles. The van der Waals surface area contributed by atoms with Gasteiger partial charge in [-0.1, -0.05) is 36.4 Å². The number of aliphatic imine (C=N–C) groups is 1. The van der Waals surface area contributed by atoms with E-state index in [9.17, 15) is 0 Å². The van der Waals surface area contributed by atoms with Crippen molar-refractivity contribution in [3.05, 3.63) is 65.7 Å². The number of benzene rings is 3. The fourth-order valence-electron chi connectivity index (χ4n) is 2.98. The van der Waals surface area contributed by atoms with E-state index in [0.29, 0.717) is 5.96 Å². The highest BCUT2D eigenvalue weighted by Gasteiger charge is 2.11. The Kier molecular flexibility index (Phi) is 3.75. The molecule has 0 aromatic heterocycles. The smallest absolute Gasteiger partial charge is 0.198 e. The molecule has 0 atom stereocenters. The first-order valence-corrected chi connectivity index (χ1v) is 8.96. The van der Waals surface area contributed by atoms with Crippen LogP contribution in [0.3, 0.4) is 0 Å². The number of rotatable bonds is 3. The summed E-state index contributed by atoms with van der Waals surface area (Å²) in [6, 6.07) is 18.5. The number of nitrogens with two attached hydrogens (primary N) is 1. The van der Waals surface area contributed by atoms with Crippen molar-refractivity contribution < 1.29 is 0 Å². The van der Waals surface area contributed by atoms with Gasteiger partial charge in [0.1, 0.15) is 0 Å². The molecule has 0 saturated heterocycles. The summed E-state index contributed by atoms with van der Waals surface area (Å²) in [7, 11) is 0. The summed E-state index contributed by atoms with van der Waals surface area (Å²) < 4.78 is 0. The molecule has 118 valence electrons. The molecular formula is C20H17N3S. The number of hydrogen-bond acceptors (Lipinski definition) is 2. The molecule has 4 rings (SSSR count). The van der Waals surface area contributed by atoms with Crippen LogP contribution in [-0.2, 0) is 0 Å². The summed E-state index contributed by atoms with van der Waals surface area (Å²) in [5.41, 5.74) is 10.4.